The first-order chi connectivity index (χ1) is 10.5. The number of nitro groups is 1. The molecule has 0 spiro atoms. The van der Waals surface area contributed by atoms with Gasteiger partial charge in [0.05, 0.1) is 21.7 Å². The van der Waals surface area contributed by atoms with Crippen LogP contribution in [0.5, 0.6) is 0 Å². The highest BCUT2D eigenvalue weighted by Gasteiger charge is 2.14. The number of amides is 1. The Kier molecular flexibility index (Phi) is 4.80. The van der Waals surface area contributed by atoms with Crippen LogP contribution in [0.1, 0.15) is 15.9 Å². The first-order valence-corrected chi connectivity index (χ1v) is 6.38. The number of nitrogens with zero attached hydrogens (tertiary/aromatic N) is 2. The molecule has 0 atom stereocenters. The summed E-state index contributed by atoms with van der Waals surface area (Å²) in [6, 6.07) is 9.11. The summed E-state index contributed by atoms with van der Waals surface area (Å²) in [5, 5.41) is 14.2. The fourth-order valence-corrected chi connectivity index (χ4v) is 1.87. The smallest absolute Gasteiger partial charge is 0.267 e. The van der Waals surface area contributed by atoms with Crippen LogP contribution in [0.3, 0.4) is 0 Å². The van der Waals surface area contributed by atoms with E-state index in [9.17, 15) is 19.3 Å². The molecule has 0 radical (unpaired) electrons. The second-order valence-electron chi connectivity index (χ2n) is 4.18. The molecular formula is C14H9ClFN3O3. The van der Waals surface area contributed by atoms with Crippen LogP contribution in [0.2, 0.25) is 5.02 Å². The Balaban J connectivity index is 2.08. The highest BCUT2D eigenvalue weighted by molar-refractivity contribution is 6.34. The summed E-state index contributed by atoms with van der Waals surface area (Å²) in [5.41, 5.74) is 2.51. The molecule has 0 saturated heterocycles. The Morgan fingerprint density at radius 3 is 2.73 bits per heavy atom. The first kappa shape index (κ1) is 15.6. The number of carbonyl (C=O) groups excluding carboxylic acids is 1. The molecule has 6 nitrogen and oxygen atoms in total. The summed E-state index contributed by atoms with van der Waals surface area (Å²) in [6.07, 6.45) is 1.26. The van der Waals surface area contributed by atoms with Gasteiger partial charge in [-0.15, -0.1) is 0 Å². The number of hydrogen-bond acceptors (Lipinski definition) is 4. The summed E-state index contributed by atoms with van der Waals surface area (Å²) in [6.45, 7) is 0. The zero-order chi connectivity index (χ0) is 16.1. The Hall–Kier alpha value is -2.80. The van der Waals surface area contributed by atoms with Gasteiger partial charge in [-0.05, 0) is 23.8 Å². The van der Waals surface area contributed by atoms with Gasteiger partial charge in [0.2, 0.25) is 0 Å². The predicted octanol–water partition coefficient (Wildman–Crippen LogP) is 3.15. The molecule has 0 aliphatic rings. The molecule has 22 heavy (non-hydrogen) atoms. The van der Waals surface area contributed by atoms with E-state index in [1.165, 1.54) is 30.5 Å². The van der Waals surface area contributed by atoms with Crippen LogP contribution < -0.4 is 5.43 Å². The lowest BCUT2D eigenvalue weighted by atomic mass is 10.2. The second-order valence-corrected chi connectivity index (χ2v) is 4.58. The van der Waals surface area contributed by atoms with Crippen molar-refractivity contribution in [2.24, 2.45) is 5.10 Å². The standard InChI is InChI=1S/C14H9ClFN3O3/c15-13-7-11(19(21)22)4-5-12(13)14(20)18-17-8-9-2-1-3-10(16)6-9/h1-8H,(H,18,20). The minimum absolute atomic E-state index is 0.0451. The van der Waals surface area contributed by atoms with Crippen molar-refractivity contribution >= 4 is 29.4 Å². The molecule has 2 rings (SSSR count). The number of hydrogen-bond donors (Lipinski definition) is 1. The maximum Gasteiger partial charge on any atom is 0.272 e. The number of rotatable bonds is 4. The number of non-ortho nitro benzene ring substituents is 1. The van der Waals surface area contributed by atoms with E-state index in [0.29, 0.717) is 5.56 Å². The van der Waals surface area contributed by atoms with Crippen LogP contribution in [0.15, 0.2) is 47.6 Å². The van der Waals surface area contributed by atoms with E-state index in [0.717, 1.165) is 12.1 Å². The largest absolute Gasteiger partial charge is 0.272 e. The maximum atomic E-state index is 13.0. The molecule has 2 aromatic carbocycles. The average Bonchev–Trinajstić information content (AvgIpc) is 2.47. The van der Waals surface area contributed by atoms with Gasteiger partial charge in [0.15, 0.2) is 0 Å². The molecule has 0 unspecified atom stereocenters. The monoisotopic (exact) mass is 321 g/mol. The quantitative estimate of drug-likeness (QED) is 0.533. The molecule has 0 aliphatic carbocycles. The van der Waals surface area contributed by atoms with Gasteiger partial charge < -0.3 is 0 Å². The van der Waals surface area contributed by atoms with Crippen molar-refractivity contribution in [3.05, 3.63) is 74.5 Å². The fourth-order valence-electron chi connectivity index (χ4n) is 1.61. The van der Waals surface area contributed by atoms with Gasteiger partial charge in [-0.2, -0.15) is 5.10 Å². The molecule has 0 heterocycles. The number of nitro benzene ring substituents is 1. The summed E-state index contributed by atoms with van der Waals surface area (Å²) in [7, 11) is 0. The van der Waals surface area contributed by atoms with Crippen molar-refractivity contribution in [1.29, 1.82) is 0 Å². The molecule has 1 amide bonds. The second kappa shape index (κ2) is 6.77. The molecule has 2 aromatic rings. The number of hydrazone groups is 1. The third-order valence-corrected chi connectivity index (χ3v) is 2.95. The highest BCUT2D eigenvalue weighted by atomic mass is 35.5. The van der Waals surface area contributed by atoms with Crippen molar-refractivity contribution in [2.45, 2.75) is 0 Å². The zero-order valence-electron chi connectivity index (χ0n) is 11.0. The highest BCUT2D eigenvalue weighted by Crippen LogP contribution is 2.22. The number of benzene rings is 2. The van der Waals surface area contributed by atoms with Crippen LogP contribution in [-0.4, -0.2) is 17.0 Å². The molecular weight excluding hydrogens is 313 g/mol. The average molecular weight is 322 g/mol. The van der Waals surface area contributed by atoms with Crippen molar-refractivity contribution in [1.82, 2.24) is 5.43 Å². The van der Waals surface area contributed by atoms with Crippen molar-refractivity contribution in [2.75, 3.05) is 0 Å². The van der Waals surface area contributed by atoms with Gasteiger partial charge in [-0.25, -0.2) is 9.82 Å². The lowest BCUT2D eigenvalue weighted by molar-refractivity contribution is -0.384. The van der Waals surface area contributed by atoms with Crippen LogP contribution >= 0.6 is 11.6 Å². The summed E-state index contributed by atoms with van der Waals surface area (Å²) < 4.78 is 13.0. The normalized spacial score (nSPS) is 10.6. The lowest BCUT2D eigenvalue weighted by Crippen LogP contribution is -2.18. The van der Waals surface area contributed by atoms with Gasteiger partial charge >= 0.3 is 0 Å². The SMILES string of the molecule is O=C(NN=Cc1cccc(F)c1)c1ccc([N+](=O)[O-])cc1Cl. The van der Waals surface area contributed by atoms with E-state index in [1.807, 2.05) is 0 Å². The third kappa shape index (κ3) is 3.86. The van der Waals surface area contributed by atoms with Crippen molar-refractivity contribution in [3.63, 3.8) is 0 Å². The molecule has 0 aromatic heterocycles. The van der Waals surface area contributed by atoms with E-state index in [-0.39, 0.29) is 16.3 Å². The van der Waals surface area contributed by atoms with E-state index in [1.54, 1.807) is 6.07 Å². The van der Waals surface area contributed by atoms with Crippen LogP contribution in [-0.2, 0) is 0 Å². The molecule has 0 bridgehead atoms. The van der Waals surface area contributed by atoms with Crippen LogP contribution in [0, 0.1) is 15.9 Å². The Bertz CT molecular complexity index is 765. The predicted molar refractivity (Wildman–Crippen MR) is 79.6 cm³/mol. The molecule has 8 heteroatoms. The molecule has 0 fully saturated rings. The number of halogens is 2. The maximum absolute atomic E-state index is 13.0. The van der Waals surface area contributed by atoms with E-state index >= 15 is 0 Å². The van der Waals surface area contributed by atoms with Gasteiger partial charge in [-0.1, -0.05) is 23.7 Å². The van der Waals surface area contributed by atoms with E-state index < -0.39 is 16.6 Å². The Morgan fingerprint density at radius 2 is 2.09 bits per heavy atom. The van der Waals surface area contributed by atoms with Crippen LogP contribution in [0.25, 0.3) is 0 Å². The zero-order valence-corrected chi connectivity index (χ0v) is 11.7. The Morgan fingerprint density at radius 1 is 1.32 bits per heavy atom. The van der Waals surface area contributed by atoms with E-state index in [4.69, 9.17) is 11.6 Å². The van der Waals surface area contributed by atoms with Gasteiger partial charge in [-0.3, -0.25) is 14.9 Å². The topological polar surface area (TPSA) is 84.6 Å². The minimum Gasteiger partial charge on any atom is -0.267 e. The number of carbonyl (C=O) groups is 1. The Labute approximate surface area is 129 Å². The van der Waals surface area contributed by atoms with Crippen molar-refractivity contribution in [3.8, 4) is 0 Å². The number of nitrogens with one attached hydrogen (secondary N) is 1. The van der Waals surface area contributed by atoms with Gasteiger partial charge in [0, 0.05) is 12.1 Å². The van der Waals surface area contributed by atoms with Gasteiger partial charge in [0.25, 0.3) is 11.6 Å². The molecule has 0 aliphatic heterocycles. The summed E-state index contributed by atoms with van der Waals surface area (Å²) in [4.78, 5) is 21.8. The van der Waals surface area contributed by atoms with Crippen LogP contribution in [0.4, 0.5) is 10.1 Å². The summed E-state index contributed by atoms with van der Waals surface area (Å²) >= 11 is 5.82. The summed E-state index contributed by atoms with van der Waals surface area (Å²) in [5.74, 6) is -1.05. The molecule has 112 valence electrons. The third-order valence-electron chi connectivity index (χ3n) is 2.64. The fraction of sp³-hybridized carbons (Fsp3) is 0. The van der Waals surface area contributed by atoms with E-state index in [2.05, 4.69) is 10.5 Å². The lowest BCUT2D eigenvalue weighted by Gasteiger charge is -2.02. The van der Waals surface area contributed by atoms with Gasteiger partial charge in [0.1, 0.15) is 5.82 Å². The van der Waals surface area contributed by atoms with Crippen molar-refractivity contribution < 1.29 is 14.1 Å². The molecule has 0 saturated carbocycles. The first-order valence-electron chi connectivity index (χ1n) is 6.00. The minimum atomic E-state index is -0.632. The molecule has 1 N–H and O–H groups in total.